The third kappa shape index (κ3) is 3.23. The maximum absolute atomic E-state index is 13.5. The molecule has 0 spiro atoms. The molecule has 1 aromatic heterocycles. The van der Waals surface area contributed by atoms with E-state index in [4.69, 9.17) is 23.4 Å². The summed E-state index contributed by atoms with van der Waals surface area (Å²) in [4.78, 5) is 26.5. The summed E-state index contributed by atoms with van der Waals surface area (Å²) in [5, 5.41) is 3.51. The molecule has 2 atom stereocenters. The summed E-state index contributed by atoms with van der Waals surface area (Å²) in [7, 11) is 1.57. The standard InChI is InChI=1S/C26H19NO7/c1-30-16-9-6-14(7-10-16)21-22-23(17-4-2-3-5-18(17)33-26(22)29)34-24(21)25(28)27-15-8-11-19-20(12-15)32-13-31-19/h2-12,21,24H,13H2,1H3,(H,27,28)/t21-,24-/m1/s1. The number of nitrogens with one attached hydrogen (secondary N) is 1. The van der Waals surface area contributed by atoms with Crippen LogP contribution in [-0.4, -0.2) is 25.9 Å². The van der Waals surface area contributed by atoms with Crippen LogP contribution in [0.15, 0.2) is 75.9 Å². The molecule has 6 rings (SSSR count). The Balaban J connectivity index is 1.43. The van der Waals surface area contributed by atoms with E-state index in [2.05, 4.69) is 5.32 Å². The van der Waals surface area contributed by atoms with Crippen molar-refractivity contribution in [3.05, 3.63) is 88.3 Å². The highest BCUT2D eigenvalue weighted by molar-refractivity contribution is 5.98. The first-order chi connectivity index (χ1) is 16.6. The molecule has 3 aromatic carbocycles. The van der Waals surface area contributed by atoms with Crippen molar-refractivity contribution >= 4 is 22.6 Å². The summed E-state index contributed by atoms with van der Waals surface area (Å²) in [6.45, 7) is 0.135. The molecule has 0 unspecified atom stereocenters. The fraction of sp³-hybridized carbons (Fsp3) is 0.154. The number of fused-ring (bicyclic) bond motifs is 4. The van der Waals surface area contributed by atoms with E-state index in [1.807, 2.05) is 18.2 Å². The SMILES string of the molecule is COc1ccc([C@@H]2c3c(c4ccccc4oc3=O)O[C@H]2C(=O)Nc2ccc3c(c2)OCO3)cc1. The molecule has 1 N–H and O–H groups in total. The first-order valence-electron chi connectivity index (χ1n) is 10.7. The Hall–Kier alpha value is -4.46. The van der Waals surface area contributed by atoms with Gasteiger partial charge in [0.05, 0.1) is 24.0 Å². The number of rotatable bonds is 4. The van der Waals surface area contributed by atoms with Gasteiger partial charge in [0.1, 0.15) is 17.1 Å². The highest BCUT2D eigenvalue weighted by Gasteiger charge is 2.44. The number of anilines is 1. The van der Waals surface area contributed by atoms with Crippen LogP contribution >= 0.6 is 0 Å². The first-order valence-corrected chi connectivity index (χ1v) is 10.7. The van der Waals surface area contributed by atoms with Crippen molar-refractivity contribution in [3.63, 3.8) is 0 Å². The molecule has 1 amide bonds. The van der Waals surface area contributed by atoms with E-state index in [0.29, 0.717) is 45.2 Å². The maximum atomic E-state index is 13.5. The van der Waals surface area contributed by atoms with E-state index in [9.17, 15) is 9.59 Å². The van der Waals surface area contributed by atoms with Crippen LogP contribution < -0.4 is 29.9 Å². The van der Waals surface area contributed by atoms with Gasteiger partial charge in [-0.25, -0.2) is 4.79 Å². The second-order valence-electron chi connectivity index (χ2n) is 7.98. The fourth-order valence-electron chi connectivity index (χ4n) is 4.42. The number of carbonyl (C=O) groups is 1. The maximum Gasteiger partial charge on any atom is 0.344 e. The van der Waals surface area contributed by atoms with Gasteiger partial charge in [-0.15, -0.1) is 0 Å². The normalized spacial score (nSPS) is 17.8. The third-order valence-electron chi connectivity index (χ3n) is 6.03. The topological polar surface area (TPSA) is 96.2 Å². The molecule has 8 nitrogen and oxygen atoms in total. The molecule has 0 fully saturated rings. The molecule has 0 aliphatic carbocycles. The Morgan fingerprint density at radius 3 is 2.62 bits per heavy atom. The van der Waals surface area contributed by atoms with Gasteiger partial charge in [0, 0.05) is 11.8 Å². The van der Waals surface area contributed by atoms with Crippen LogP contribution in [0, 0.1) is 0 Å². The van der Waals surface area contributed by atoms with Gasteiger partial charge in [0.2, 0.25) is 6.79 Å². The predicted molar refractivity (Wildman–Crippen MR) is 123 cm³/mol. The molecule has 170 valence electrons. The van der Waals surface area contributed by atoms with Gasteiger partial charge in [-0.3, -0.25) is 4.79 Å². The van der Waals surface area contributed by atoms with Crippen molar-refractivity contribution < 1.29 is 28.2 Å². The van der Waals surface area contributed by atoms with Gasteiger partial charge in [-0.1, -0.05) is 24.3 Å². The number of amides is 1. The van der Waals surface area contributed by atoms with Gasteiger partial charge in [0.25, 0.3) is 5.91 Å². The Morgan fingerprint density at radius 1 is 1.00 bits per heavy atom. The highest BCUT2D eigenvalue weighted by atomic mass is 16.7. The molecule has 0 saturated carbocycles. The van der Waals surface area contributed by atoms with Crippen LogP contribution in [0.1, 0.15) is 17.0 Å². The molecule has 2 aliphatic rings. The average molecular weight is 457 g/mol. The Morgan fingerprint density at radius 2 is 1.79 bits per heavy atom. The lowest BCUT2D eigenvalue weighted by Gasteiger charge is -2.19. The van der Waals surface area contributed by atoms with E-state index in [-0.39, 0.29) is 6.79 Å². The van der Waals surface area contributed by atoms with E-state index >= 15 is 0 Å². The van der Waals surface area contributed by atoms with E-state index < -0.39 is 23.6 Å². The third-order valence-corrected chi connectivity index (χ3v) is 6.03. The summed E-state index contributed by atoms with van der Waals surface area (Å²) in [5.74, 6) is 1.11. The lowest BCUT2D eigenvalue weighted by Crippen LogP contribution is -2.35. The van der Waals surface area contributed by atoms with Crippen molar-refractivity contribution in [2.45, 2.75) is 12.0 Å². The van der Waals surface area contributed by atoms with Crippen LogP contribution in [0.25, 0.3) is 11.0 Å². The Bertz CT molecular complexity index is 1480. The van der Waals surface area contributed by atoms with Crippen molar-refractivity contribution in [2.24, 2.45) is 0 Å². The van der Waals surface area contributed by atoms with Crippen molar-refractivity contribution in [3.8, 4) is 23.0 Å². The molecular weight excluding hydrogens is 438 g/mol. The van der Waals surface area contributed by atoms with Crippen molar-refractivity contribution in [1.82, 2.24) is 0 Å². The van der Waals surface area contributed by atoms with Crippen molar-refractivity contribution in [2.75, 3.05) is 19.2 Å². The van der Waals surface area contributed by atoms with Gasteiger partial charge in [-0.2, -0.15) is 0 Å². The fourth-order valence-corrected chi connectivity index (χ4v) is 4.42. The number of hydrogen-bond acceptors (Lipinski definition) is 7. The summed E-state index contributed by atoms with van der Waals surface area (Å²) < 4.78 is 27.8. The van der Waals surface area contributed by atoms with E-state index in [1.165, 1.54) is 0 Å². The summed E-state index contributed by atoms with van der Waals surface area (Å²) in [6.07, 6.45) is -0.998. The van der Waals surface area contributed by atoms with Crippen LogP contribution in [-0.2, 0) is 4.79 Å². The molecular formula is C26H19NO7. The quantitative estimate of drug-likeness (QED) is 0.462. The number of para-hydroxylation sites is 1. The second kappa shape index (κ2) is 7.84. The molecule has 8 heteroatoms. The van der Waals surface area contributed by atoms with Crippen LogP contribution in [0.5, 0.6) is 23.0 Å². The summed E-state index contributed by atoms with van der Waals surface area (Å²) >= 11 is 0. The monoisotopic (exact) mass is 457 g/mol. The zero-order valence-corrected chi connectivity index (χ0v) is 18.1. The van der Waals surface area contributed by atoms with Gasteiger partial charge >= 0.3 is 5.63 Å². The lowest BCUT2D eigenvalue weighted by atomic mass is 9.88. The van der Waals surface area contributed by atoms with Crippen LogP contribution in [0.2, 0.25) is 0 Å². The molecule has 4 aromatic rings. The van der Waals surface area contributed by atoms with Crippen LogP contribution in [0.3, 0.4) is 0 Å². The molecule has 0 radical (unpaired) electrons. The Kier molecular flexibility index (Phi) is 4.65. The summed E-state index contributed by atoms with van der Waals surface area (Å²) in [6, 6.07) is 19.4. The largest absolute Gasteiger partial charge is 0.497 e. The minimum Gasteiger partial charge on any atom is -0.497 e. The number of hydrogen-bond donors (Lipinski definition) is 1. The number of ether oxygens (including phenoxy) is 4. The molecule has 34 heavy (non-hydrogen) atoms. The zero-order chi connectivity index (χ0) is 23.2. The first kappa shape index (κ1) is 20.2. The van der Waals surface area contributed by atoms with E-state index in [1.54, 1.807) is 55.6 Å². The van der Waals surface area contributed by atoms with Gasteiger partial charge in [0.15, 0.2) is 17.6 Å². The second-order valence-corrected chi connectivity index (χ2v) is 7.98. The lowest BCUT2D eigenvalue weighted by molar-refractivity contribution is -0.122. The minimum absolute atomic E-state index is 0.135. The number of carbonyl (C=O) groups excluding carboxylic acids is 1. The highest BCUT2D eigenvalue weighted by Crippen LogP contribution is 2.45. The molecule has 2 aliphatic heterocycles. The smallest absolute Gasteiger partial charge is 0.344 e. The predicted octanol–water partition coefficient (Wildman–Crippen LogP) is 4.06. The molecule has 3 heterocycles. The van der Waals surface area contributed by atoms with Gasteiger partial charge in [-0.05, 0) is 42.0 Å². The average Bonchev–Trinajstić information content (AvgIpc) is 3.49. The zero-order valence-electron chi connectivity index (χ0n) is 18.1. The number of methoxy groups -OCH3 is 1. The molecule has 0 bridgehead atoms. The van der Waals surface area contributed by atoms with Crippen LogP contribution in [0.4, 0.5) is 5.69 Å². The Labute approximate surface area is 193 Å². The molecule has 0 saturated heterocycles. The van der Waals surface area contributed by atoms with Gasteiger partial charge < -0.3 is 28.7 Å². The van der Waals surface area contributed by atoms with Crippen molar-refractivity contribution in [1.29, 1.82) is 0 Å². The van der Waals surface area contributed by atoms with E-state index in [0.717, 1.165) is 5.56 Å². The number of benzene rings is 3. The summed E-state index contributed by atoms with van der Waals surface area (Å²) in [5.41, 5.74) is 1.44. The minimum atomic E-state index is -0.998.